The molecule has 2 rings (SSSR count). The van der Waals surface area contributed by atoms with Crippen LogP contribution in [0.25, 0.3) is 11.0 Å². The molecule has 1 aromatic carbocycles. The number of benzene rings is 1. The maximum Gasteiger partial charge on any atom is 0.449 e. The summed E-state index contributed by atoms with van der Waals surface area (Å²) < 4.78 is 40.2. The fraction of sp³-hybridized carbons (Fsp3) is 0.385. The van der Waals surface area contributed by atoms with Crippen LogP contribution in [0.5, 0.6) is 0 Å². The maximum atomic E-state index is 13.1. The van der Waals surface area contributed by atoms with Crippen molar-refractivity contribution in [3.8, 4) is 0 Å². The molecule has 1 N–H and O–H groups in total. The van der Waals surface area contributed by atoms with E-state index >= 15 is 0 Å². The first-order valence-electron chi connectivity index (χ1n) is 6.15. The Morgan fingerprint density at radius 3 is 2.57 bits per heavy atom. The van der Waals surface area contributed by atoms with Gasteiger partial charge in [0.2, 0.25) is 5.82 Å². The summed E-state index contributed by atoms with van der Waals surface area (Å²) in [5.41, 5.74) is 0.234. The molecule has 0 spiro atoms. The second-order valence-corrected chi connectivity index (χ2v) is 4.90. The summed E-state index contributed by atoms with van der Waals surface area (Å²) in [6.07, 6.45) is -4.59. The largest absolute Gasteiger partial charge is 0.478 e. The minimum absolute atomic E-state index is 0.0674. The van der Waals surface area contributed by atoms with Crippen LogP contribution in [0.3, 0.4) is 0 Å². The van der Waals surface area contributed by atoms with Gasteiger partial charge in [0.05, 0.1) is 16.6 Å². The molecule has 114 valence electrons. The molecule has 0 aliphatic heterocycles. The Bertz CT molecular complexity index is 677. The molecule has 8 heteroatoms. The van der Waals surface area contributed by atoms with Gasteiger partial charge in [-0.25, -0.2) is 9.78 Å². The highest BCUT2D eigenvalue weighted by atomic mass is 19.4. The third-order valence-electron chi connectivity index (χ3n) is 3.02. The Morgan fingerprint density at radius 1 is 1.38 bits per heavy atom. The molecule has 2 aromatic rings. The van der Waals surface area contributed by atoms with Gasteiger partial charge in [-0.3, -0.25) is 0 Å². The van der Waals surface area contributed by atoms with Crippen molar-refractivity contribution in [1.82, 2.24) is 14.5 Å². The van der Waals surface area contributed by atoms with Gasteiger partial charge in [-0.2, -0.15) is 13.2 Å². The number of carboxylic acids is 1. The van der Waals surface area contributed by atoms with Gasteiger partial charge in [0, 0.05) is 13.1 Å². The van der Waals surface area contributed by atoms with Crippen molar-refractivity contribution in [3.05, 3.63) is 29.6 Å². The Labute approximate surface area is 118 Å². The number of halogens is 3. The average molecular weight is 301 g/mol. The van der Waals surface area contributed by atoms with Crippen molar-refractivity contribution in [3.63, 3.8) is 0 Å². The summed E-state index contributed by atoms with van der Waals surface area (Å²) in [7, 11) is 3.49. The number of hydrogen-bond donors (Lipinski definition) is 1. The van der Waals surface area contributed by atoms with Crippen LogP contribution in [0.4, 0.5) is 13.2 Å². The molecule has 0 saturated heterocycles. The van der Waals surface area contributed by atoms with Crippen LogP contribution in [0.1, 0.15) is 16.2 Å². The fourth-order valence-electron chi connectivity index (χ4n) is 2.00. The molecule has 21 heavy (non-hydrogen) atoms. The molecule has 0 fully saturated rings. The molecule has 0 aliphatic rings. The number of imidazole rings is 1. The molecule has 1 heterocycles. The molecule has 0 aliphatic carbocycles. The van der Waals surface area contributed by atoms with Gasteiger partial charge < -0.3 is 14.6 Å². The van der Waals surface area contributed by atoms with Crippen LogP contribution < -0.4 is 0 Å². The number of nitrogens with zero attached hydrogens (tertiary/aromatic N) is 3. The molecule has 0 bridgehead atoms. The Morgan fingerprint density at radius 2 is 2.05 bits per heavy atom. The van der Waals surface area contributed by atoms with E-state index in [4.69, 9.17) is 5.11 Å². The topological polar surface area (TPSA) is 58.4 Å². The molecule has 0 amide bonds. The SMILES string of the molecule is CN(C)CCn1c(C(F)(F)F)nc2ccc(C(=O)O)cc21. The highest BCUT2D eigenvalue weighted by Crippen LogP contribution is 2.31. The quantitative estimate of drug-likeness (QED) is 0.941. The second-order valence-electron chi connectivity index (χ2n) is 4.90. The zero-order valence-corrected chi connectivity index (χ0v) is 11.5. The third-order valence-corrected chi connectivity index (χ3v) is 3.02. The second kappa shape index (κ2) is 5.36. The van der Waals surface area contributed by atoms with Crippen LogP contribution in [-0.2, 0) is 12.7 Å². The first-order chi connectivity index (χ1) is 9.70. The van der Waals surface area contributed by atoms with E-state index in [9.17, 15) is 18.0 Å². The van der Waals surface area contributed by atoms with E-state index in [1.807, 2.05) is 0 Å². The van der Waals surface area contributed by atoms with E-state index in [1.165, 1.54) is 18.2 Å². The highest BCUT2D eigenvalue weighted by molar-refractivity contribution is 5.92. The van der Waals surface area contributed by atoms with Crippen molar-refractivity contribution < 1.29 is 23.1 Å². The molecular formula is C13H14F3N3O2. The molecule has 0 atom stereocenters. The van der Waals surface area contributed by atoms with Gasteiger partial charge >= 0.3 is 12.1 Å². The smallest absolute Gasteiger partial charge is 0.449 e. The molecule has 5 nitrogen and oxygen atoms in total. The third kappa shape index (κ3) is 3.15. The van der Waals surface area contributed by atoms with Gasteiger partial charge in [0.15, 0.2) is 0 Å². The van der Waals surface area contributed by atoms with Crippen LogP contribution in [0, 0.1) is 0 Å². The minimum atomic E-state index is -4.59. The summed E-state index contributed by atoms with van der Waals surface area (Å²) in [5, 5.41) is 8.96. The number of likely N-dealkylation sites (N-methyl/N-ethyl adjacent to an activating group) is 1. The summed E-state index contributed by atoms with van der Waals surface area (Å²) in [4.78, 5) is 16.3. The molecular weight excluding hydrogens is 287 g/mol. The summed E-state index contributed by atoms with van der Waals surface area (Å²) in [6.45, 7) is 0.452. The van der Waals surface area contributed by atoms with Crippen LogP contribution in [-0.4, -0.2) is 46.2 Å². The van der Waals surface area contributed by atoms with E-state index in [1.54, 1.807) is 19.0 Å². The predicted octanol–water partition coefficient (Wildman–Crippen LogP) is 2.31. The van der Waals surface area contributed by atoms with Crippen LogP contribution in [0.15, 0.2) is 18.2 Å². The van der Waals surface area contributed by atoms with E-state index in [2.05, 4.69) is 4.98 Å². The number of hydrogen-bond acceptors (Lipinski definition) is 3. The van der Waals surface area contributed by atoms with E-state index < -0.39 is 18.0 Å². The van der Waals surface area contributed by atoms with Crippen molar-refractivity contribution in [2.24, 2.45) is 0 Å². The van der Waals surface area contributed by atoms with E-state index in [0.717, 1.165) is 4.57 Å². The lowest BCUT2D eigenvalue weighted by atomic mass is 10.2. The fourth-order valence-corrected chi connectivity index (χ4v) is 2.00. The van der Waals surface area contributed by atoms with Crippen molar-refractivity contribution in [2.75, 3.05) is 20.6 Å². The number of aromatic carboxylic acids is 1. The molecule has 0 unspecified atom stereocenters. The van der Waals surface area contributed by atoms with Gasteiger partial charge in [0.1, 0.15) is 0 Å². The predicted molar refractivity (Wildman–Crippen MR) is 70.2 cm³/mol. The summed E-state index contributed by atoms with van der Waals surface area (Å²) in [6, 6.07) is 3.75. The number of rotatable bonds is 4. The maximum absolute atomic E-state index is 13.1. The molecule has 0 saturated carbocycles. The first-order valence-corrected chi connectivity index (χ1v) is 6.15. The summed E-state index contributed by atoms with van der Waals surface area (Å²) >= 11 is 0. The molecule has 0 radical (unpaired) electrons. The summed E-state index contributed by atoms with van der Waals surface area (Å²) in [5.74, 6) is -2.20. The van der Waals surface area contributed by atoms with Gasteiger partial charge in [-0.1, -0.05) is 0 Å². The number of carboxylic acid groups (broad SMARTS) is 1. The van der Waals surface area contributed by atoms with E-state index in [-0.39, 0.29) is 23.1 Å². The average Bonchev–Trinajstić information content (AvgIpc) is 2.73. The zero-order chi connectivity index (χ0) is 15.8. The van der Waals surface area contributed by atoms with Gasteiger partial charge in [0.25, 0.3) is 0 Å². The number of alkyl halides is 3. The van der Waals surface area contributed by atoms with Gasteiger partial charge in [-0.05, 0) is 32.3 Å². The van der Waals surface area contributed by atoms with Crippen molar-refractivity contribution in [2.45, 2.75) is 12.7 Å². The zero-order valence-electron chi connectivity index (χ0n) is 11.5. The lowest BCUT2D eigenvalue weighted by Gasteiger charge is -2.14. The van der Waals surface area contributed by atoms with Crippen LogP contribution >= 0.6 is 0 Å². The minimum Gasteiger partial charge on any atom is -0.478 e. The lowest BCUT2D eigenvalue weighted by molar-refractivity contribution is -0.147. The Kier molecular flexibility index (Phi) is 3.91. The van der Waals surface area contributed by atoms with Crippen LogP contribution in [0.2, 0.25) is 0 Å². The van der Waals surface area contributed by atoms with E-state index in [0.29, 0.717) is 6.54 Å². The normalized spacial score (nSPS) is 12.3. The monoisotopic (exact) mass is 301 g/mol. The lowest BCUT2D eigenvalue weighted by Crippen LogP contribution is -2.22. The number of aromatic nitrogens is 2. The highest BCUT2D eigenvalue weighted by Gasteiger charge is 2.37. The number of carbonyl (C=O) groups is 1. The van der Waals surface area contributed by atoms with Gasteiger partial charge in [-0.15, -0.1) is 0 Å². The van der Waals surface area contributed by atoms with Crippen molar-refractivity contribution in [1.29, 1.82) is 0 Å². The standard InChI is InChI=1S/C13H14F3N3O2/c1-18(2)5-6-19-10-7-8(11(20)21)3-4-9(10)17-12(19)13(14,15)16/h3-4,7H,5-6H2,1-2H3,(H,20,21). The Balaban J connectivity index is 2.61. The first kappa shape index (κ1) is 15.3. The number of fused-ring (bicyclic) bond motifs is 1. The Hall–Kier alpha value is -2.09. The molecule has 1 aromatic heterocycles. The van der Waals surface area contributed by atoms with Crippen molar-refractivity contribution >= 4 is 17.0 Å².